The number of carbonyl (C=O) groups is 2. The molecule has 0 unspecified atom stereocenters. The highest BCUT2D eigenvalue weighted by atomic mass is 32.1. The first-order chi connectivity index (χ1) is 4.81. The molecule has 0 heterocycles. The number of thiol groups is 1. The van der Waals surface area contributed by atoms with E-state index >= 15 is 0 Å². The summed E-state index contributed by atoms with van der Waals surface area (Å²) in [5.74, 6) is -0.376. The molecule has 0 radical (unpaired) electrons. The first-order valence-electron chi connectivity index (χ1n) is 2.63. The van der Waals surface area contributed by atoms with E-state index in [-0.39, 0.29) is 19.0 Å². The van der Waals surface area contributed by atoms with Gasteiger partial charge in [0.1, 0.15) is 13.2 Å². The van der Waals surface area contributed by atoms with Gasteiger partial charge in [-0.25, -0.2) is 0 Å². The number of carbonyl (C=O) groups excluding carboxylic acids is 2. The van der Waals surface area contributed by atoms with Gasteiger partial charge in [0.05, 0.1) is 5.75 Å². The Hall–Kier alpha value is -0.710. The van der Waals surface area contributed by atoms with E-state index in [4.69, 9.17) is 0 Å². The van der Waals surface area contributed by atoms with Gasteiger partial charge in [0.15, 0.2) is 0 Å². The first kappa shape index (κ1) is 9.29. The predicted molar refractivity (Wildman–Crippen MR) is 36.8 cm³/mol. The van der Waals surface area contributed by atoms with Crippen LogP contribution in [0.5, 0.6) is 0 Å². The first-order valence-corrected chi connectivity index (χ1v) is 3.26. The second kappa shape index (κ2) is 6.41. The fourth-order valence-electron chi connectivity index (χ4n) is 0.297. The van der Waals surface area contributed by atoms with Crippen LogP contribution in [-0.2, 0) is 19.1 Å². The largest absolute Gasteiger partial charge is 0.464 e. The molecule has 0 spiro atoms. The van der Waals surface area contributed by atoms with Crippen LogP contribution in [0.25, 0.3) is 0 Å². The number of hydrogen-bond acceptors (Lipinski definition) is 5. The summed E-state index contributed by atoms with van der Waals surface area (Å²) in [5.41, 5.74) is 0. The van der Waals surface area contributed by atoms with Crippen LogP contribution in [0.4, 0.5) is 0 Å². The molecule has 0 fully saturated rings. The Morgan fingerprint density at radius 3 is 2.70 bits per heavy atom. The molecule has 0 saturated heterocycles. The van der Waals surface area contributed by atoms with Crippen molar-refractivity contribution in [1.82, 2.24) is 0 Å². The third-order valence-electron chi connectivity index (χ3n) is 0.661. The van der Waals surface area contributed by atoms with E-state index in [9.17, 15) is 9.59 Å². The van der Waals surface area contributed by atoms with Crippen LogP contribution < -0.4 is 0 Å². The standard InChI is InChI=1S/C5H8O4S/c6-4-8-1-2-9-5(7)3-10/h4,10H,1-3H2. The molecule has 5 heteroatoms. The molecule has 0 N–H and O–H groups in total. The zero-order chi connectivity index (χ0) is 7.82. The molecule has 0 aromatic heterocycles. The SMILES string of the molecule is O=COCCOC(=O)CS. The molecule has 10 heavy (non-hydrogen) atoms. The van der Waals surface area contributed by atoms with E-state index < -0.39 is 5.97 Å². The Kier molecular flexibility index (Phi) is 5.96. The van der Waals surface area contributed by atoms with Crippen LogP contribution in [0.1, 0.15) is 0 Å². The lowest BCUT2D eigenvalue weighted by Gasteiger charge is -1.99. The minimum absolute atomic E-state index is 0.0427. The molecule has 4 nitrogen and oxygen atoms in total. The van der Waals surface area contributed by atoms with Crippen molar-refractivity contribution in [3.63, 3.8) is 0 Å². The fourth-order valence-corrected chi connectivity index (χ4v) is 0.389. The van der Waals surface area contributed by atoms with Gasteiger partial charge in [0, 0.05) is 0 Å². The highest BCUT2D eigenvalue weighted by Gasteiger charge is 1.96. The average molecular weight is 164 g/mol. The monoisotopic (exact) mass is 164 g/mol. The molecular formula is C5H8O4S. The summed E-state index contributed by atoms with van der Waals surface area (Å²) in [4.78, 5) is 19.9. The zero-order valence-corrected chi connectivity index (χ0v) is 6.17. The molecular weight excluding hydrogens is 156 g/mol. The molecule has 0 aromatic rings. The lowest BCUT2D eigenvalue weighted by Crippen LogP contribution is -2.10. The fraction of sp³-hybridized carbons (Fsp3) is 0.600. The Morgan fingerprint density at radius 1 is 1.50 bits per heavy atom. The number of esters is 1. The maximum absolute atomic E-state index is 10.3. The van der Waals surface area contributed by atoms with Crippen molar-refractivity contribution in [2.45, 2.75) is 0 Å². The van der Waals surface area contributed by atoms with Gasteiger partial charge >= 0.3 is 5.97 Å². The normalized spacial score (nSPS) is 8.50. The molecule has 0 aliphatic heterocycles. The van der Waals surface area contributed by atoms with E-state index in [1.807, 2.05) is 0 Å². The lowest BCUT2D eigenvalue weighted by atomic mass is 10.7. The van der Waals surface area contributed by atoms with Gasteiger partial charge < -0.3 is 9.47 Å². The number of ether oxygens (including phenoxy) is 2. The Bertz CT molecular complexity index is 114. The van der Waals surface area contributed by atoms with Crippen molar-refractivity contribution < 1.29 is 19.1 Å². The van der Waals surface area contributed by atoms with E-state index in [1.165, 1.54) is 0 Å². The summed E-state index contributed by atoms with van der Waals surface area (Å²) in [6, 6.07) is 0. The molecule has 0 saturated carbocycles. The summed E-state index contributed by atoms with van der Waals surface area (Å²) in [5, 5.41) is 0. The van der Waals surface area contributed by atoms with Crippen molar-refractivity contribution in [3.8, 4) is 0 Å². The van der Waals surface area contributed by atoms with Crippen LogP contribution in [0.2, 0.25) is 0 Å². The smallest absolute Gasteiger partial charge is 0.315 e. The molecule has 0 aliphatic rings. The van der Waals surface area contributed by atoms with Gasteiger partial charge in [0.25, 0.3) is 6.47 Å². The zero-order valence-electron chi connectivity index (χ0n) is 5.28. The molecule has 0 rings (SSSR count). The second-order valence-electron chi connectivity index (χ2n) is 1.35. The van der Waals surface area contributed by atoms with Crippen LogP contribution in [0.3, 0.4) is 0 Å². The quantitative estimate of drug-likeness (QED) is 0.261. The molecule has 0 aliphatic carbocycles. The third kappa shape index (κ3) is 5.43. The van der Waals surface area contributed by atoms with E-state index in [0.29, 0.717) is 6.47 Å². The average Bonchev–Trinajstić information content (AvgIpc) is 1.98. The molecule has 0 aromatic carbocycles. The van der Waals surface area contributed by atoms with Gasteiger partial charge in [-0.15, -0.1) is 0 Å². The van der Waals surface area contributed by atoms with Gasteiger partial charge in [-0.3, -0.25) is 9.59 Å². The van der Waals surface area contributed by atoms with Crippen molar-refractivity contribution >= 4 is 25.1 Å². The summed E-state index contributed by atoms with van der Waals surface area (Å²) in [7, 11) is 0. The van der Waals surface area contributed by atoms with Gasteiger partial charge in [-0.05, 0) is 0 Å². The van der Waals surface area contributed by atoms with Crippen molar-refractivity contribution in [3.05, 3.63) is 0 Å². The number of hydrogen-bond donors (Lipinski definition) is 1. The summed E-state index contributed by atoms with van der Waals surface area (Å²) in [6.07, 6.45) is 0. The molecule has 0 atom stereocenters. The Labute approximate surface area is 63.9 Å². The highest BCUT2D eigenvalue weighted by Crippen LogP contribution is 1.81. The summed E-state index contributed by atoms with van der Waals surface area (Å²) >= 11 is 3.66. The maximum atomic E-state index is 10.3. The predicted octanol–water partition coefficient (Wildman–Crippen LogP) is -0.368. The van der Waals surface area contributed by atoms with Crippen LogP contribution in [0, 0.1) is 0 Å². The lowest BCUT2D eigenvalue weighted by molar-refractivity contribution is -0.144. The summed E-state index contributed by atoms with van der Waals surface area (Å²) < 4.78 is 8.74. The Morgan fingerprint density at radius 2 is 2.20 bits per heavy atom. The highest BCUT2D eigenvalue weighted by molar-refractivity contribution is 7.81. The second-order valence-corrected chi connectivity index (χ2v) is 1.66. The van der Waals surface area contributed by atoms with Crippen molar-refractivity contribution in [2.75, 3.05) is 19.0 Å². The van der Waals surface area contributed by atoms with Gasteiger partial charge in [-0.2, -0.15) is 12.6 Å². The molecule has 0 bridgehead atoms. The van der Waals surface area contributed by atoms with E-state index in [2.05, 4.69) is 22.1 Å². The van der Waals surface area contributed by atoms with Crippen molar-refractivity contribution in [2.24, 2.45) is 0 Å². The minimum Gasteiger partial charge on any atom is -0.464 e. The molecule has 58 valence electrons. The number of rotatable bonds is 5. The Balaban J connectivity index is 3.03. The van der Waals surface area contributed by atoms with E-state index in [0.717, 1.165) is 0 Å². The van der Waals surface area contributed by atoms with E-state index in [1.54, 1.807) is 0 Å². The van der Waals surface area contributed by atoms with Gasteiger partial charge in [0.2, 0.25) is 0 Å². The van der Waals surface area contributed by atoms with Crippen LogP contribution in [0.15, 0.2) is 0 Å². The third-order valence-corrected chi connectivity index (χ3v) is 0.920. The van der Waals surface area contributed by atoms with Gasteiger partial charge in [-0.1, -0.05) is 0 Å². The molecule has 0 amide bonds. The minimum atomic E-state index is -0.419. The van der Waals surface area contributed by atoms with Crippen LogP contribution in [-0.4, -0.2) is 31.4 Å². The van der Waals surface area contributed by atoms with Crippen molar-refractivity contribution in [1.29, 1.82) is 0 Å². The maximum Gasteiger partial charge on any atom is 0.315 e. The topological polar surface area (TPSA) is 52.6 Å². The van der Waals surface area contributed by atoms with Crippen LogP contribution >= 0.6 is 12.6 Å². The summed E-state index contributed by atoms with van der Waals surface area (Å²) in [6.45, 7) is 0.496.